The average molecular weight is 292 g/mol. The number of nitrogens with zero attached hydrogens (tertiary/aromatic N) is 2. The third kappa shape index (κ3) is 2.48. The van der Waals surface area contributed by atoms with Gasteiger partial charge in [0.2, 0.25) is 0 Å². The predicted molar refractivity (Wildman–Crippen MR) is 80.9 cm³/mol. The smallest absolute Gasteiger partial charge is 0.129 e. The molecule has 20 heavy (non-hydrogen) atoms. The van der Waals surface area contributed by atoms with Crippen LogP contribution in [0, 0.1) is 5.92 Å². The van der Waals surface area contributed by atoms with E-state index in [1.165, 1.54) is 19.3 Å². The van der Waals surface area contributed by atoms with Gasteiger partial charge in [0.05, 0.1) is 12.8 Å². The van der Waals surface area contributed by atoms with Gasteiger partial charge in [0.25, 0.3) is 0 Å². The summed E-state index contributed by atoms with van der Waals surface area (Å²) in [6, 6.07) is 5.63. The lowest BCUT2D eigenvalue weighted by atomic mass is 9.86. The Hall–Kier alpha value is -1.68. The molecule has 0 unspecified atom stereocenters. The van der Waals surface area contributed by atoms with E-state index in [4.69, 9.17) is 22.1 Å². The summed E-state index contributed by atoms with van der Waals surface area (Å²) in [7, 11) is 1.82. The van der Waals surface area contributed by atoms with Gasteiger partial charge in [-0.15, -0.1) is 0 Å². The van der Waals surface area contributed by atoms with Gasteiger partial charge in [-0.2, -0.15) is 5.10 Å². The monoisotopic (exact) mass is 291 g/mol. The second kappa shape index (κ2) is 5.37. The number of hydrogen-bond acceptors (Lipinski definition) is 3. The number of halogens is 1. The minimum atomic E-state index is 0.612. The average Bonchev–Trinajstić information content (AvgIpc) is 2.70. The number of hydrogen-bond donors (Lipinski definition) is 1. The number of benzene rings is 1. The standard InChI is InChI=1S/C15H18ClN3O/c1-19-15(17)13(8-18-19)12-7-11(16)5-6-14(12)20-9-10-3-2-4-10/h5-8,10H,2-4,9,17H2,1H3. The fraction of sp³-hybridized carbons (Fsp3) is 0.400. The summed E-state index contributed by atoms with van der Waals surface area (Å²) < 4.78 is 7.61. The topological polar surface area (TPSA) is 53.1 Å². The molecule has 0 spiro atoms. The summed E-state index contributed by atoms with van der Waals surface area (Å²) in [6.07, 6.45) is 5.59. The van der Waals surface area contributed by atoms with Crippen LogP contribution in [-0.2, 0) is 7.05 Å². The molecule has 1 saturated carbocycles. The van der Waals surface area contributed by atoms with E-state index < -0.39 is 0 Å². The van der Waals surface area contributed by atoms with Gasteiger partial charge >= 0.3 is 0 Å². The molecule has 3 rings (SSSR count). The number of nitrogens with two attached hydrogens (primary N) is 1. The molecule has 0 radical (unpaired) electrons. The molecule has 1 aromatic heterocycles. The number of aryl methyl sites for hydroxylation is 1. The minimum Gasteiger partial charge on any atom is -0.493 e. The van der Waals surface area contributed by atoms with Crippen LogP contribution in [0.15, 0.2) is 24.4 Å². The first-order chi connectivity index (χ1) is 9.65. The Bertz CT molecular complexity index is 620. The quantitative estimate of drug-likeness (QED) is 0.938. The molecule has 2 N–H and O–H groups in total. The van der Waals surface area contributed by atoms with Gasteiger partial charge in [0, 0.05) is 23.2 Å². The van der Waals surface area contributed by atoms with Crippen molar-refractivity contribution >= 4 is 17.4 Å². The molecular formula is C15H18ClN3O. The Labute approximate surface area is 123 Å². The lowest BCUT2D eigenvalue weighted by Crippen LogP contribution is -2.19. The summed E-state index contributed by atoms with van der Waals surface area (Å²) in [5.74, 6) is 2.12. The molecule has 1 aliphatic carbocycles. The van der Waals surface area contributed by atoms with Crippen molar-refractivity contribution in [2.24, 2.45) is 13.0 Å². The molecule has 1 aromatic carbocycles. The minimum absolute atomic E-state index is 0.612. The summed E-state index contributed by atoms with van der Waals surface area (Å²) in [5, 5.41) is 4.84. The van der Waals surface area contributed by atoms with Crippen LogP contribution in [0.2, 0.25) is 5.02 Å². The van der Waals surface area contributed by atoms with Crippen molar-refractivity contribution in [3.63, 3.8) is 0 Å². The summed E-state index contributed by atoms with van der Waals surface area (Å²) in [4.78, 5) is 0. The van der Waals surface area contributed by atoms with Gasteiger partial charge < -0.3 is 10.5 Å². The molecule has 0 saturated heterocycles. The Morgan fingerprint density at radius 1 is 1.40 bits per heavy atom. The number of nitrogen functional groups attached to an aromatic ring is 1. The van der Waals surface area contributed by atoms with Gasteiger partial charge in [0.15, 0.2) is 0 Å². The van der Waals surface area contributed by atoms with Crippen molar-refractivity contribution in [3.8, 4) is 16.9 Å². The van der Waals surface area contributed by atoms with Gasteiger partial charge in [-0.1, -0.05) is 18.0 Å². The molecule has 1 heterocycles. The number of aromatic nitrogens is 2. The first-order valence-electron chi connectivity index (χ1n) is 6.85. The lowest BCUT2D eigenvalue weighted by molar-refractivity contribution is 0.181. The van der Waals surface area contributed by atoms with E-state index in [0.29, 0.717) is 16.8 Å². The molecule has 106 valence electrons. The number of anilines is 1. The van der Waals surface area contributed by atoms with Crippen molar-refractivity contribution in [2.75, 3.05) is 12.3 Å². The van der Waals surface area contributed by atoms with E-state index in [1.54, 1.807) is 10.9 Å². The van der Waals surface area contributed by atoms with Crippen LogP contribution in [0.1, 0.15) is 19.3 Å². The van der Waals surface area contributed by atoms with Crippen LogP contribution in [-0.4, -0.2) is 16.4 Å². The maximum absolute atomic E-state index is 6.10. The van der Waals surface area contributed by atoms with E-state index in [1.807, 2.05) is 25.2 Å². The molecule has 0 aliphatic heterocycles. The molecule has 1 aliphatic rings. The Balaban J connectivity index is 1.91. The van der Waals surface area contributed by atoms with E-state index in [-0.39, 0.29) is 0 Å². The highest BCUT2D eigenvalue weighted by atomic mass is 35.5. The maximum atomic E-state index is 6.10. The normalized spacial score (nSPS) is 15.1. The highest BCUT2D eigenvalue weighted by Gasteiger charge is 2.19. The van der Waals surface area contributed by atoms with E-state index >= 15 is 0 Å². The van der Waals surface area contributed by atoms with Crippen LogP contribution in [0.4, 0.5) is 5.82 Å². The second-order valence-corrected chi connectivity index (χ2v) is 5.75. The Kier molecular flexibility index (Phi) is 3.57. The first kappa shape index (κ1) is 13.3. The van der Waals surface area contributed by atoms with Crippen molar-refractivity contribution in [1.82, 2.24) is 9.78 Å². The Morgan fingerprint density at radius 3 is 2.80 bits per heavy atom. The Morgan fingerprint density at radius 2 is 2.20 bits per heavy atom. The number of ether oxygens (including phenoxy) is 1. The second-order valence-electron chi connectivity index (χ2n) is 5.32. The van der Waals surface area contributed by atoms with Crippen molar-refractivity contribution in [1.29, 1.82) is 0 Å². The van der Waals surface area contributed by atoms with E-state index in [9.17, 15) is 0 Å². The van der Waals surface area contributed by atoms with Crippen molar-refractivity contribution in [2.45, 2.75) is 19.3 Å². The molecule has 5 heteroatoms. The van der Waals surface area contributed by atoms with Crippen LogP contribution in [0.25, 0.3) is 11.1 Å². The highest BCUT2D eigenvalue weighted by Crippen LogP contribution is 2.36. The SMILES string of the molecule is Cn1ncc(-c2cc(Cl)ccc2OCC2CCC2)c1N. The van der Waals surface area contributed by atoms with Crippen molar-refractivity contribution < 1.29 is 4.74 Å². The third-order valence-corrected chi connectivity index (χ3v) is 4.15. The fourth-order valence-corrected chi connectivity index (χ4v) is 2.53. The van der Waals surface area contributed by atoms with Crippen molar-refractivity contribution in [3.05, 3.63) is 29.4 Å². The maximum Gasteiger partial charge on any atom is 0.129 e. The molecule has 0 amide bonds. The van der Waals surface area contributed by atoms with Gasteiger partial charge in [-0.25, -0.2) is 0 Å². The van der Waals surface area contributed by atoms with Crippen LogP contribution < -0.4 is 10.5 Å². The summed E-state index contributed by atoms with van der Waals surface area (Å²) in [5.41, 5.74) is 7.81. The third-order valence-electron chi connectivity index (χ3n) is 3.92. The van der Waals surface area contributed by atoms with Crippen LogP contribution in [0.3, 0.4) is 0 Å². The molecule has 0 bridgehead atoms. The lowest BCUT2D eigenvalue weighted by Gasteiger charge is -2.25. The van der Waals surface area contributed by atoms with Crippen LogP contribution >= 0.6 is 11.6 Å². The molecule has 0 atom stereocenters. The zero-order chi connectivity index (χ0) is 14.1. The molecular weight excluding hydrogens is 274 g/mol. The van der Waals surface area contributed by atoms with Gasteiger partial charge in [0.1, 0.15) is 11.6 Å². The molecule has 4 nitrogen and oxygen atoms in total. The number of rotatable bonds is 4. The summed E-state index contributed by atoms with van der Waals surface area (Å²) in [6.45, 7) is 0.759. The zero-order valence-electron chi connectivity index (χ0n) is 11.5. The largest absolute Gasteiger partial charge is 0.493 e. The fourth-order valence-electron chi connectivity index (χ4n) is 2.36. The molecule has 1 fully saturated rings. The van der Waals surface area contributed by atoms with E-state index in [0.717, 1.165) is 23.5 Å². The zero-order valence-corrected chi connectivity index (χ0v) is 12.2. The van der Waals surface area contributed by atoms with Gasteiger partial charge in [-0.05, 0) is 37.0 Å². The van der Waals surface area contributed by atoms with Crippen LogP contribution in [0.5, 0.6) is 5.75 Å². The predicted octanol–water partition coefficient (Wildman–Crippen LogP) is 3.50. The first-order valence-corrected chi connectivity index (χ1v) is 7.23. The molecule has 2 aromatic rings. The van der Waals surface area contributed by atoms with Gasteiger partial charge in [-0.3, -0.25) is 4.68 Å². The summed E-state index contributed by atoms with van der Waals surface area (Å²) >= 11 is 6.10. The highest BCUT2D eigenvalue weighted by molar-refractivity contribution is 6.31. The van der Waals surface area contributed by atoms with E-state index in [2.05, 4.69) is 5.10 Å².